The number of nitrogens with zero attached hydrogens (tertiary/aromatic N) is 2. The van der Waals surface area contributed by atoms with Crippen LogP contribution in [0.15, 0.2) is 64.0 Å². The van der Waals surface area contributed by atoms with Crippen LogP contribution in [0.3, 0.4) is 0 Å². The van der Waals surface area contributed by atoms with Gasteiger partial charge in [0.2, 0.25) is 0 Å². The maximum Gasteiger partial charge on any atom is 0.416 e. The van der Waals surface area contributed by atoms with Gasteiger partial charge in [0.25, 0.3) is 11.1 Å². The first-order valence-corrected chi connectivity index (χ1v) is 11.5. The maximum atomic E-state index is 13.2. The van der Waals surface area contributed by atoms with E-state index in [9.17, 15) is 22.8 Å². The van der Waals surface area contributed by atoms with Gasteiger partial charge in [-0.2, -0.15) is 13.2 Å². The molecule has 1 saturated heterocycles. The van der Waals surface area contributed by atoms with Crippen molar-refractivity contribution in [1.82, 2.24) is 9.47 Å². The molecule has 0 radical (unpaired) electrons. The van der Waals surface area contributed by atoms with Gasteiger partial charge in [0, 0.05) is 21.5 Å². The van der Waals surface area contributed by atoms with Gasteiger partial charge in [-0.05, 0) is 79.2 Å². The van der Waals surface area contributed by atoms with Crippen molar-refractivity contribution >= 4 is 44.9 Å². The standard InChI is InChI=1S/C24H18BrF3N2O2S/c1-14-9-17(15(2)30(14)20-8-4-6-18(12-20)24(26,27)28)11-21-22(31)29(23(32)33-21)13-16-5-3-7-19(25)10-16/h3-12H,13H2,1-2H3/b21-11-. The number of amides is 2. The van der Waals surface area contributed by atoms with Gasteiger partial charge in [-0.25, -0.2) is 0 Å². The molecule has 9 heteroatoms. The summed E-state index contributed by atoms with van der Waals surface area (Å²) in [6.07, 6.45) is -2.82. The molecule has 0 spiro atoms. The number of halogens is 4. The minimum absolute atomic E-state index is 0.157. The number of thioether (sulfide) groups is 1. The molecule has 1 aliphatic heterocycles. The van der Waals surface area contributed by atoms with Gasteiger partial charge in [-0.1, -0.05) is 34.1 Å². The molecule has 0 saturated carbocycles. The van der Waals surface area contributed by atoms with Crippen LogP contribution in [0.25, 0.3) is 11.8 Å². The van der Waals surface area contributed by atoms with Crippen molar-refractivity contribution in [2.75, 3.05) is 0 Å². The number of rotatable bonds is 4. The van der Waals surface area contributed by atoms with E-state index in [1.165, 1.54) is 11.0 Å². The summed E-state index contributed by atoms with van der Waals surface area (Å²) in [6.45, 7) is 3.71. The zero-order valence-electron chi connectivity index (χ0n) is 17.6. The second kappa shape index (κ2) is 8.87. The zero-order chi connectivity index (χ0) is 23.9. The van der Waals surface area contributed by atoms with E-state index < -0.39 is 17.6 Å². The van der Waals surface area contributed by atoms with Gasteiger partial charge >= 0.3 is 6.18 Å². The van der Waals surface area contributed by atoms with E-state index >= 15 is 0 Å². The van der Waals surface area contributed by atoms with Crippen molar-refractivity contribution in [3.05, 3.63) is 92.1 Å². The van der Waals surface area contributed by atoms with Crippen LogP contribution in [0, 0.1) is 13.8 Å². The van der Waals surface area contributed by atoms with Crippen LogP contribution in [0.2, 0.25) is 0 Å². The summed E-state index contributed by atoms with van der Waals surface area (Å²) >= 11 is 4.23. The molecule has 0 bridgehead atoms. The Morgan fingerprint density at radius 1 is 1.03 bits per heavy atom. The lowest BCUT2D eigenvalue weighted by atomic mass is 10.2. The number of hydrogen-bond acceptors (Lipinski definition) is 3. The fourth-order valence-electron chi connectivity index (χ4n) is 3.75. The molecule has 33 heavy (non-hydrogen) atoms. The molecular weight excluding hydrogens is 517 g/mol. The predicted octanol–water partition coefficient (Wildman–Crippen LogP) is 7.11. The minimum atomic E-state index is -4.44. The first-order valence-electron chi connectivity index (χ1n) is 9.91. The molecule has 1 fully saturated rings. The fourth-order valence-corrected chi connectivity index (χ4v) is 5.02. The molecule has 0 aliphatic carbocycles. The smallest absolute Gasteiger partial charge is 0.318 e. The number of alkyl halides is 3. The molecule has 0 unspecified atom stereocenters. The quantitative estimate of drug-likeness (QED) is 0.335. The second-order valence-corrected chi connectivity index (χ2v) is 9.52. The highest BCUT2D eigenvalue weighted by Gasteiger charge is 2.35. The summed E-state index contributed by atoms with van der Waals surface area (Å²) in [5.41, 5.74) is 2.51. The van der Waals surface area contributed by atoms with Crippen molar-refractivity contribution in [1.29, 1.82) is 0 Å². The second-order valence-electron chi connectivity index (χ2n) is 7.61. The molecule has 2 heterocycles. The lowest BCUT2D eigenvalue weighted by Crippen LogP contribution is -2.27. The van der Waals surface area contributed by atoms with Crippen LogP contribution in [-0.4, -0.2) is 20.6 Å². The number of imide groups is 1. The summed E-state index contributed by atoms with van der Waals surface area (Å²) in [5, 5.41) is -0.363. The van der Waals surface area contributed by atoms with Crippen molar-refractivity contribution < 1.29 is 22.8 Å². The topological polar surface area (TPSA) is 42.3 Å². The molecule has 0 N–H and O–H groups in total. The molecule has 1 aromatic heterocycles. The number of hydrogen-bond donors (Lipinski definition) is 0. The summed E-state index contributed by atoms with van der Waals surface area (Å²) in [6, 6.07) is 14.2. The Labute approximate surface area is 201 Å². The first-order chi connectivity index (χ1) is 15.5. The summed E-state index contributed by atoms with van der Waals surface area (Å²) < 4.78 is 42.0. The van der Waals surface area contributed by atoms with Gasteiger partial charge < -0.3 is 4.57 Å². The number of aromatic nitrogens is 1. The highest BCUT2D eigenvalue weighted by atomic mass is 79.9. The van der Waals surface area contributed by atoms with Crippen molar-refractivity contribution in [2.24, 2.45) is 0 Å². The van der Waals surface area contributed by atoms with Gasteiger partial charge in [-0.15, -0.1) is 0 Å². The van der Waals surface area contributed by atoms with E-state index in [2.05, 4.69) is 15.9 Å². The molecule has 2 aromatic carbocycles. The molecule has 0 atom stereocenters. The van der Waals surface area contributed by atoms with Crippen molar-refractivity contribution in [3.8, 4) is 5.69 Å². The predicted molar refractivity (Wildman–Crippen MR) is 126 cm³/mol. The van der Waals surface area contributed by atoms with Gasteiger partial charge in [-0.3, -0.25) is 14.5 Å². The Morgan fingerprint density at radius 2 is 1.76 bits per heavy atom. The van der Waals surface area contributed by atoms with Crippen LogP contribution in [-0.2, 0) is 17.5 Å². The SMILES string of the molecule is Cc1cc(/C=C2\SC(=O)N(Cc3cccc(Br)c3)C2=O)c(C)n1-c1cccc(C(F)(F)F)c1. The van der Waals surface area contributed by atoms with E-state index in [4.69, 9.17) is 0 Å². The van der Waals surface area contributed by atoms with Gasteiger partial charge in [0.05, 0.1) is 17.0 Å². The lowest BCUT2D eigenvalue weighted by molar-refractivity contribution is -0.137. The fraction of sp³-hybridized carbons (Fsp3) is 0.167. The monoisotopic (exact) mass is 534 g/mol. The van der Waals surface area contributed by atoms with Crippen molar-refractivity contribution in [3.63, 3.8) is 0 Å². The Balaban J connectivity index is 1.64. The zero-order valence-corrected chi connectivity index (χ0v) is 20.0. The molecule has 2 amide bonds. The van der Waals surface area contributed by atoms with E-state index in [0.717, 1.165) is 33.9 Å². The average Bonchev–Trinajstić information content (AvgIpc) is 3.17. The number of carbonyl (C=O) groups excluding carboxylic acids is 2. The molecule has 4 rings (SSSR count). The third-order valence-electron chi connectivity index (χ3n) is 5.29. The summed E-state index contributed by atoms with van der Waals surface area (Å²) in [5.74, 6) is -0.395. The number of benzene rings is 2. The Bertz CT molecular complexity index is 1300. The third kappa shape index (κ3) is 4.79. The highest BCUT2D eigenvalue weighted by molar-refractivity contribution is 9.10. The van der Waals surface area contributed by atoms with Crippen molar-refractivity contribution in [2.45, 2.75) is 26.6 Å². The molecule has 4 nitrogen and oxygen atoms in total. The van der Waals surface area contributed by atoms with Crippen LogP contribution >= 0.6 is 27.7 Å². The maximum absolute atomic E-state index is 13.2. The third-order valence-corrected chi connectivity index (χ3v) is 6.69. The molecule has 3 aromatic rings. The molecule has 170 valence electrons. The van der Waals surface area contributed by atoms with Gasteiger partial charge in [0.1, 0.15) is 0 Å². The largest absolute Gasteiger partial charge is 0.416 e. The minimum Gasteiger partial charge on any atom is -0.318 e. The van der Waals surface area contributed by atoms with Crippen LogP contribution in [0.1, 0.15) is 28.1 Å². The number of carbonyl (C=O) groups is 2. The number of aryl methyl sites for hydroxylation is 1. The Hall–Kier alpha value is -2.78. The lowest BCUT2D eigenvalue weighted by Gasteiger charge is -2.13. The summed E-state index contributed by atoms with van der Waals surface area (Å²) in [7, 11) is 0. The van der Waals surface area contributed by atoms with Crippen LogP contribution in [0.4, 0.5) is 18.0 Å². The molecular formula is C24H18BrF3N2O2S. The average molecular weight is 535 g/mol. The molecule has 1 aliphatic rings. The van der Waals surface area contributed by atoms with Crippen LogP contribution < -0.4 is 0 Å². The Morgan fingerprint density at radius 3 is 2.45 bits per heavy atom. The van der Waals surface area contributed by atoms with E-state index in [0.29, 0.717) is 22.6 Å². The first kappa shape index (κ1) is 23.4. The van der Waals surface area contributed by atoms with Crippen LogP contribution in [0.5, 0.6) is 0 Å². The van der Waals surface area contributed by atoms with E-state index in [1.807, 2.05) is 24.3 Å². The van der Waals surface area contributed by atoms with Gasteiger partial charge in [0.15, 0.2) is 0 Å². The van der Waals surface area contributed by atoms with E-state index in [-0.39, 0.29) is 16.7 Å². The highest BCUT2D eigenvalue weighted by Crippen LogP contribution is 2.35. The normalized spacial score (nSPS) is 15.7. The Kier molecular flexibility index (Phi) is 6.28. The summed E-state index contributed by atoms with van der Waals surface area (Å²) in [4.78, 5) is 26.9. The van der Waals surface area contributed by atoms with E-state index in [1.54, 1.807) is 36.6 Å².